The SMILES string of the molecule is CCCCCC1(OC)CCC(CC(=O)c2ccccc2)C(F)C1. The molecule has 3 heteroatoms. The second-order valence-corrected chi connectivity index (χ2v) is 6.86. The molecule has 0 saturated heterocycles. The van der Waals surface area contributed by atoms with Crippen molar-refractivity contribution in [3.63, 3.8) is 0 Å². The number of carbonyl (C=O) groups is 1. The summed E-state index contributed by atoms with van der Waals surface area (Å²) in [7, 11) is 1.70. The van der Waals surface area contributed by atoms with Crippen LogP contribution in [0.5, 0.6) is 0 Å². The number of Topliss-reactive ketones (excluding diaryl/α,β-unsaturated/α-hetero) is 1. The number of rotatable bonds is 8. The molecule has 0 spiro atoms. The van der Waals surface area contributed by atoms with Crippen LogP contribution >= 0.6 is 0 Å². The number of hydrogen-bond donors (Lipinski definition) is 0. The fraction of sp³-hybridized carbons (Fsp3) is 0.650. The van der Waals surface area contributed by atoms with Crippen LogP contribution in [0.25, 0.3) is 0 Å². The van der Waals surface area contributed by atoms with Crippen molar-refractivity contribution < 1.29 is 13.9 Å². The molecule has 0 heterocycles. The first kappa shape index (κ1) is 18.1. The van der Waals surface area contributed by atoms with E-state index in [0.29, 0.717) is 18.4 Å². The van der Waals surface area contributed by atoms with Gasteiger partial charge in [-0.1, -0.05) is 56.5 Å². The van der Waals surface area contributed by atoms with Crippen LogP contribution < -0.4 is 0 Å². The zero-order valence-corrected chi connectivity index (χ0v) is 14.4. The van der Waals surface area contributed by atoms with E-state index in [-0.39, 0.29) is 17.3 Å². The van der Waals surface area contributed by atoms with E-state index < -0.39 is 6.17 Å². The van der Waals surface area contributed by atoms with Crippen LogP contribution in [0.2, 0.25) is 0 Å². The summed E-state index contributed by atoms with van der Waals surface area (Å²) in [6, 6.07) is 9.21. The van der Waals surface area contributed by atoms with Crippen LogP contribution in [0, 0.1) is 5.92 Å². The number of methoxy groups -OCH3 is 1. The normalized spacial score (nSPS) is 27.8. The van der Waals surface area contributed by atoms with Crippen molar-refractivity contribution in [3.8, 4) is 0 Å². The molecule has 1 saturated carbocycles. The molecule has 0 bridgehead atoms. The first-order chi connectivity index (χ1) is 11.1. The molecule has 0 aromatic heterocycles. The third kappa shape index (κ3) is 4.87. The summed E-state index contributed by atoms with van der Waals surface area (Å²) in [4.78, 5) is 12.3. The Hall–Kier alpha value is -1.22. The number of halogens is 1. The van der Waals surface area contributed by atoms with Gasteiger partial charge in [0.25, 0.3) is 0 Å². The lowest BCUT2D eigenvalue weighted by molar-refractivity contribution is -0.0814. The number of alkyl halides is 1. The standard InChI is InChI=1S/C20H29FO2/c1-3-4-8-12-20(23-2)13-11-17(18(21)15-20)14-19(22)16-9-6-5-7-10-16/h5-7,9-10,17-18H,3-4,8,11-15H2,1-2H3. The summed E-state index contributed by atoms with van der Waals surface area (Å²) in [6.07, 6.45) is 5.73. The first-order valence-electron chi connectivity index (χ1n) is 8.87. The molecule has 0 amide bonds. The van der Waals surface area contributed by atoms with E-state index in [1.165, 1.54) is 0 Å². The fourth-order valence-corrected chi connectivity index (χ4v) is 3.68. The molecule has 128 valence electrons. The van der Waals surface area contributed by atoms with Gasteiger partial charge in [-0.15, -0.1) is 0 Å². The monoisotopic (exact) mass is 320 g/mol. The number of ketones is 1. The number of carbonyl (C=O) groups excluding carboxylic acids is 1. The molecule has 2 nitrogen and oxygen atoms in total. The van der Waals surface area contributed by atoms with Gasteiger partial charge in [0.2, 0.25) is 0 Å². The molecule has 2 rings (SSSR count). The Bertz CT molecular complexity index is 488. The van der Waals surface area contributed by atoms with Crippen LogP contribution in [-0.4, -0.2) is 24.7 Å². The van der Waals surface area contributed by atoms with Crippen LogP contribution in [0.4, 0.5) is 4.39 Å². The third-order valence-corrected chi connectivity index (χ3v) is 5.26. The Kier molecular flexibility index (Phi) is 6.76. The summed E-state index contributed by atoms with van der Waals surface area (Å²) in [5, 5.41) is 0. The van der Waals surface area contributed by atoms with E-state index in [2.05, 4.69) is 6.92 Å². The number of benzene rings is 1. The second kappa shape index (κ2) is 8.58. The summed E-state index contributed by atoms with van der Waals surface area (Å²) < 4.78 is 20.4. The molecular formula is C20H29FO2. The van der Waals surface area contributed by atoms with Crippen molar-refractivity contribution in [2.45, 2.75) is 70.1 Å². The Morgan fingerprint density at radius 2 is 2.04 bits per heavy atom. The highest BCUT2D eigenvalue weighted by Gasteiger charge is 2.41. The lowest BCUT2D eigenvalue weighted by Gasteiger charge is -2.41. The Morgan fingerprint density at radius 3 is 2.65 bits per heavy atom. The predicted octanol–water partition coefficient (Wildman–Crippen LogP) is 5.36. The van der Waals surface area contributed by atoms with Gasteiger partial charge in [0, 0.05) is 25.5 Å². The summed E-state index contributed by atoms with van der Waals surface area (Å²) in [5.41, 5.74) is 0.368. The van der Waals surface area contributed by atoms with Crippen molar-refractivity contribution in [2.75, 3.05) is 7.11 Å². The van der Waals surface area contributed by atoms with Gasteiger partial charge in [-0.2, -0.15) is 0 Å². The highest BCUT2D eigenvalue weighted by molar-refractivity contribution is 5.96. The van der Waals surface area contributed by atoms with E-state index in [0.717, 1.165) is 38.5 Å². The molecule has 0 N–H and O–H groups in total. The third-order valence-electron chi connectivity index (χ3n) is 5.26. The number of unbranched alkanes of at least 4 members (excludes halogenated alkanes) is 2. The van der Waals surface area contributed by atoms with Gasteiger partial charge >= 0.3 is 0 Å². The van der Waals surface area contributed by atoms with Crippen molar-refractivity contribution in [1.29, 1.82) is 0 Å². The Balaban J connectivity index is 1.91. The maximum Gasteiger partial charge on any atom is 0.163 e. The highest BCUT2D eigenvalue weighted by Crippen LogP contribution is 2.41. The molecule has 1 aliphatic rings. The minimum Gasteiger partial charge on any atom is -0.378 e. The van der Waals surface area contributed by atoms with Crippen LogP contribution in [0.3, 0.4) is 0 Å². The molecule has 0 aliphatic heterocycles. The minimum absolute atomic E-state index is 0.0501. The quantitative estimate of drug-likeness (QED) is 0.476. The van der Waals surface area contributed by atoms with Gasteiger partial charge in [0.15, 0.2) is 5.78 Å². The molecule has 23 heavy (non-hydrogen) atoms. The molecule has 1 fully saturated rings. The van der Waals surface area contributed by atoms with Crippen LogP contribution in [-0.2, 0) is 4.74 Å². The van der Waals surface area contributed by atoms with Crippen LogP contribution in [0.15, 0.2) is 30.3 Å². The van der Waals surface area contributed by atoms with Crippen molar-refractivity contribution in [3.05, 3.63) is 35.9 Å². The average Bonchev–Trinajstić information content (AvgIpc) is 2.58. The first-order valence-corrected chi connectivity index (χ1v) is 8.87. The largest absolute Gasteiger partial charge is 0.378 e. The molecular weight excluding hydrogens is 291 g/mol. The zero-order chi connectivity index (χ0) is 16.7. The maximum absolute atomic E-state index is 14.7. The molecule has 1 aliphatic carbocycles. The van der Waals surface area contributed by atoms with Crippen LogP contribution in [0.1, 0.15) is 68.6 Å². The van der Waals surface area contributed by atoms with Gasteiger partial charge in [-0.25, -0.2) is 4.39 Å². The van der Waals surface area contributed by atoms with Gasteiger partial charge in [0.05, 0.1) is 5.60 Å². The molecule has 3 atom stereocenters. The van der Waals surface area contributed by atoms with Gasteiger partial charge in [-0.3, -0.25) is 4.79 Å². The summed E-state index contributed by atoms with van der Waals surface area (Å²) in [6.45, 7) is 2.17. The van der Waals surface area contributed by atoms with E-state index >= 15 is 0 Å². The maximum atomic E-state index is 14.7. The van der Waals surface area contributed by atoms with Crippen molar-refractivity contribution in [1.82, 2.24) is 0 Å². The second-order valence-electron chi connectivity index (χ2n) is 6.86. The highest BCUT2D eigenvalue weighted by atomic mass is 19.1. The summed E-state index contributed by atoms with van der Waals surface area (Å²) >= 11 is 0. The smallest absolute Gasteiger partial charge is 0.163 e. The molecule has 1 aromatic rings. The summed E-state index contributed by atoms with van der Waals surface area (Å²) in [5.74, 6) is -0.119. The zero-order valence-electron chi connectivity index (χ0n) is 14.4. The van der Waals surface area contributed by atoms with Gasteiger partial charge < -0.3 is 4.74 Å². The van der Waals surface area contributed by atoms with Crippen molar-refractivity contribution >= 4 is 5.78 Å². The lowest BCUT2D eigenvalue weighted by atomic mass is 9.73. The van der Waals surface area contributed by atoms with E-state index in [1.807, 2.05) is 30.3 Å². The number of ether oxygens (including phenoxy) is 1. The van der Waals surface area contributed by atoms with E-state index in [1.54, 1.807) is 7.11 Å². The molecule has 3 unspecified atom stereocenters. The Labute approximate surface area is 139 Å². The number of hydrogen-bond acceptors (Lipinski definition) is 2. The fourth-order valence-electron chi connectivity index (χ4n) is 3.68. The predicted molar refractivity (Wildman–Crippen MR) is 91.5 cm³/mol. The topological polar surface area (TPSA) is 26.3 Å². The molecule has 1 aromatic carbocycles. The van der Waals surface area contributed by atoms with Gasteiger partial charge in [0.1, 0.15) is 6.17 Å². The van der Waals surface area contributed by atoms with Crippen molar-refractivity contribution in [2.24, 2.45) is 5.92 Å². The minimum atomic E-state index is -0.946. The van der Waals surface area contributed by atoms with E-state index in [9.17, 15) is 9.18 Å². The van der Waals surface area contributed by atoms with E-state index in [4.69, 9.17) is 4.74 Å². The Morgan fingerprint density at radius 1 is 1.30 bits per heavy atom. The lowest BCUT2D eigenvalue weighted by Crippen LogP contribution is -2.42. The average molecular weight is 320 g/mol. The van der Waals surface area contributed by atoms with Gasteiger partial charge in [-0.05, 0) is 25.2 Å². The molecule has 0 radical (unpaired) electrons.